The van der Waals surface area contributed by atoms with Gasteiger partial charge in [-0.15, -0.1) is 0 Å². The quantitative estimate of drug-likeness (QED) is 0.782. The minimum Gasteiger partial charge on any atom is -0.359 e. The van der Waals surface area contributed by atoms with Gasteiger partial charge >= 0.3 is 0 Å². The number of nitrogens with zero attached hydrogens (tertiary/aromatic N) is 3. The molecule has 0 unspecified atom stereocenters. The Labute approximate surface area is 120 Å². The van der Waals surface area contributed by atoms with Crippen molar-refractivity contribution in [2.75, 3.05) is 18.5 Å². The number of rotatable bonds is 4. The summed E-state index contributed by atoms with van der Waals surface area (Å²) in [5.74, 6) is 3.36. The Bertz CT molecular complexity index is 465. The highest BCUT2D eigenvalue weighted by Gasteiger charge is 2.29. The molecule has 1 aromatic rings. The lowest BCUT2D eigenvalue weighted by atomic mass is 10.1. The van der Waals surface area contributed by atoms with Crippen LogP contribution in [0.4, 0.5) is 5.82 Å². The van der Waals surface area contributed by atoms with Crippen molar-refractivity contribution in [1.29, 1.82) is 0 Å². The third-order valence-corrected chi connectivity index (χ3v) is 4.76. The molecule has 0 saturated heterocycles. The molecule has 1 aromatic heterocycles. The summed E-state index contributed by atoms with van der Waals surface area (Å²) in [6.45, 7) is 3.12. The Balaban J connectivity index is 1.81. The van der Waals surface area contributed by atoms with Gasteiger partial charge in [-0.1, -0.05) is 24.4 Å². The fourth-order valence-electron chi connectivity index (χ4n) is 3.06. The molecule has 0 aromatic carbocycles. The fourth-order valence-corrected chi connectivity index (χ4v) is 3.23. The van der Waals surface area contributed by atoms with Gasteiger partial charge in [-0.2, -0.15) is 0 Å². The van der Waals surface area contributed by atoms with Gasteiger partial charge in [0.2, 0.25) is 0 Å². The first-order chi connectivity index (χ1) is 9.15. The van der Waals surface area contributed by atoms with Gasteiger partial charge in [0.15, 0.2) is 0 Å². The number of hydrogen-bond donors (Lipinski definition) is 0. The third-order valence-electron chi connectivity index (χ3n) is 4.39. The van der Waals surface area contributed by atoms with Gasteiger partial charge in [-0.3, -0.25) is 0 Å². The van der Waals surface area contributed by atoms with Crippen LogP contribution in [0, 0.1) is 12.8 Å². The number of hydrogen-bond acceptors (Lipinski definition) is 3. The van der Waals surface area contributed by atoms with Gasteiger partial charge in [-0.25, -0.2) is 9.97 Å². The van der Waals surface area contributed by atoms with E-state index in [0.717, 1.165) is 29.7 Å². The summed E-state index contributed by atoms with van der Waals surface area (Å²) in [7, 11) is 2.14. The third kappa shape index (κ3) is 2.86. The monoisotopic (exact) mass is 279 g/mol. The lowest BCUT2D eigenvalue weighted by molar-refractivity contribution is 0.544. The molecule has 0 spiro atoms. The zero-order valence-corrected chi connectivity index (χ0v) is 12.6. The second-order valence-electron chi connectivity index (χ2n) is 6.13. The molecule has 2 aliphatic rings. The van der Waals surface area contributed by atoms with Crippen LogP contribution in [-0.4, -0.2) is 23.6 Å². The second-order valence-corrected chi connectivity index (χ2v) is 6.48. The molecule has 2 fully saturated rings. The largest absolute Gasteiger partial charge is 0.359 e. The zero-order valence-electron chi connectivity index (χ0n) is 11.8. The molecule has 0 atom stereocenters. The summed E-state index contributed by atoms with van der Waals surface area (Å²) in [5, 5.41) is 0.630. The minimum atomic E-state index is 0.553. The Hall–Kier alpha value is -0.830. The van der Waals surface area contributed by atoms with Crippen molar-refractivity contribution in [3.8, 4) is 0 Å². The summed E-state index contributed by atoms with van der Waals surface area (Å²) < 4.78 is 0. The lowest BCUT2D eigenvalue weighted by Gasteiger charge is -2.24. The first-order valence-corrected chi connectivity index (χ1v) is 7.78. The molecular formula is C15H22ClN3. The maximum Gasteiger partial charge on any atom is 0.137 e. The van der Waals surface area contributed by atoms with Crippen LogP contribution >= 0.6 is 11.6 Å². The molecule has 0 N–H and O–H groups in total. The Morgan fingerprint density at radius 2 is 1.84 bits per heavy atom. The highest BCUT2D eigenvalue weighted by atomic mass is 35.5. The van der Waals surface area contributed by atoms with Crippen molar-refractivity contribution in [3.05, 3.63) is 16.5 Å². The Morgan fingerprint density at radius 1 is 1.16 bits per heavy atom. The molecule has 3 rings (SSSR count). The van der Waals surface area contributed by atoms with E-state index in [2.05, 4.69) is 16.9 Å². The molecule has 0 aliphatic heterocycles. The van der Waals surface area contributed by atoms with E-state index in [-0.39, 0.29) is 0 Å². The smallest absolute Gasteiger partial charge is 0.137 e. The molecule has 3 nitrogen and oxygen atoms in total. The second kappa shape index (κ2) is 5.28. The molecule has 4 heteroatoms. The summed E-state index contributed by atoms with van der Waals surface area (Å²) in [6, 6.07) is 0. The first-order valence-electron chi connectivity index (χ1n) is 7.40. The molecule has 0 radical (unpaired) electrons. The predicted octanol–water partition coefficient (Wildman–Crippen LogP) is 3.94. The summed E-state index contributed by atoms with van der Waals surface area (Å²) in [5.41, 5.74) is 1.02. The van der Waals surface area contributed by atoms with Crippen molar-refractivity contribution in [3.63, 3.8) is 0 Å². The minimum absolute atomic E-state index is 0.553. The molecule has 104 valence electrons. The predicted molar refractivity (Wildman–Crippen MR) is 79.0 cm³/mol. The molecule has 0 amide bonds. The van der Waals surface area contributed by atoms with Crippen LogP contribution in [0.2, 0.25) is 5.15 Å². The summed E-state index contributed by atoms with van der Waals surface area (Å²) >= 11 is 6.27. The zero-order chi connectivity index (χ0) is 13.4. The molecular weight excluding hydrogens is 258 g/mol. The molecule has 2 aliphatic carbocycles. The van der Waals surface area contributed by atoms with Gasteiger partial charge in [0.1, 0.15) is 16.8 Å². The van der Waals surface area contributed by atoms with Crippen LogP contribution in [-0.2, 0) is 0 Å². The first kappa shape index (κ1) is 13.2. The van der Waals surface area contributed by atoms with Crippen molar-refractivity contribution in [2.24, 2.45) is 5.92 Å². The van der Waals surface area contributed by atoms with Crippen LogP contribution < -0.4 is 4.90 Å². The summed E-state index contributed by atoms with van der Waals surface area (Å²) in [4.78, 5) is 11.5. The van der Waals surface area contributed by atoms with Crippen LogP contribution in [0.3, 0.4) is 0 Å². The van der Waals surface area contributed by atoms with Crippen molar-refractivity contribution in [2.45, 2.75) is 51.4 Å². The fraction of sp³-hybridized carbons (Fsp3) is 0.733. The lowest BCUT2D eigenvalue weighted by Crippen LogP contribution is -2.26. The van der Waals surface area contributed by atoms with Crippen molar-refractivity contribution >= 4 is 17.4 Å². The Kier molecular flexibility index (Phi) is 3.66. The molecule has 2 saturated carbocycles. The van der Waals surface area contributed by atoms with Crippen LogP contribution in [0.5, 0.6) is 0 Å². The SMILES string of the molecule is Cc1c(Cl)nc(C2CC2)nc1N(C)CC1CCCC1. The van der Waals surface area contributed by atoms with E-state index in [1.54, 1.807) is 0 Å². The number of anilines is 1. The highest BCUT2D eigenvalue weighted by Crippen LogP contribution is 2.40. The van der Waals surface area contributed by atoms with Crippen LogP contribution in [0.25, 0.3) is 0 Å². The van der Waals surface area contributed by atoms with Crippen molar-refractivity contribution < 1.29 is 0 Å². The van der Waals surface area contributed by atoms with E-state index >= 15 is 0 Å². The van der Waals surface area contributed by atoms with E-state index in [0.29, 0.717) is 11.1 Å². The molecule has 19 heavy (non-hydrogen) atoms. The molecule has 1 heterocycles. The topological polar surface area (TPSA) is 29.0 Å². The average Bonchev–Trinajstić information content (AvgIpc) is 3.11. The van der Waals surface area contributed by atoms with E-state index in [9.17, 15) is 0 Å². The standard InChI is InChI=1S/C15H22ClN3/c1-10-13(16)17-14(12-7-8-12)18-15(10)19(2)9-11-5-3-4-6-11/h11-12H,3-9H2,1-2H3. The average molecular weight is 280 g/mol. The Morgan fingerprint density at radius 3 is 2.47 bits per heavy atom. The maximum absolute atomic E-state index is 6.27. The van der Waals surface area contributed by atoms with Gasteiger partial charge in [-0.05, 0) is 38.5 Å². The van der Waals surface area contributed by atoms with Gasteiger partial charge in [0.05, 0.1) is 0 Å². The van der Waals surface area contributed by atoms with E-state index < -0.39 is 0 Å². The van der Waals surface area contributed by atoms with Gasteiger partial charge in [0.25, 0.3) is 0 Å². The van der Waals surface area contributed by atoms with Crippen LogP contribution in [0.1, 0.15) is 55.8 Å². The van der Waals surface area contributed by atoms with Crippen LogP contribution in [0.15, 0.2) is 0 Å². The number of halogens is 1. The van der Waals surface area contributed by atoms with Crippen molar-refractivity contribution in [1.82, 2.24) is 9.97 Å². The van der Waals surface area contributed by atoms with Gasteiger partial charge < -0.3 is 4.90 Å². The normalized spacial score (nSPS) is 19.9. The van der Waals surface area contributed by atoms with E-state index in [4.69, 9.17) is 16.6 Å². The number of aromatic nitrogens is 2. The van der Waals surface area contributed by atoms with E-state index in [1.807, 2.05) is 6.92 Å². The van der Waals surface area contributed by atoms with Gasteiger partial charge in [0, 0.05) is 25.1 Å². The summed E-state index contributed by atoms with van der Waals surface area (Å²) in [6.07, 6.45) is 7.91. The van der Waals surface area contributed by atoms with E-state index in [1.165, 1.54) is 38.5 Å². The molecule has 0 bridgehead atoms. The highest BCUT2D eigenvalue weighted by molar-refractivity contribution is 6.30. The maximum atomic E-state index is 6.27.